The van der Waals surface area contributed by atoms with Crippen molar-refractivity contribution in [3.63, 3.8) is 0 Å². The van der Waals surface area contributed by atoms with E-state index < -0.39 is 54.9 Å². The van der Waals surface area contributed by atoms with Gasteiger partial charge in [-0.3, -0.25) is 4.79 Å². The van der Waals surface area contributed by atoms with Gasteiger partial charge in [0.15, 0.2) is 0 Å². The van der Waals surface area contributed by atoms with Crippen LogP contribution in [0.5, 0.6) is 0 Å². The van der Waals surface area contributed by atoms with Gasteiger partial charge >= 0.3 is 6.18 Å². The second kappa shape index (κ2) is 7.87. The van der Waals surface area contributed by atoms with Crippen molar-refractivity contribution in [3.8, 4) is 0 Å². The number of amides is 1. The fourth-order valence-electron chi connectivity index (χ4n) is 1.63. The van der Waals surface area contributed by atoms with E-state index in [1.165, 1.54) is 7.05 Å². The van der Waals surface area contributed by atoms with Crippen LogP contribution in [0.2, 0.25) is 10.0 Å². The fraction of sp³-hybridized carbons (Fsp3) is 0.462. The molecule has 3 N–H and O–H groups in total. The van der Waals surface area contributed by atoms with Crippen molar-refractivity contribution in [1.82, 2.24) is 4.31 Å². The SMILES string of the molecule is CN(CCO)S(=O)(=O)c1ccc(NC(=O)[C@@](C)(O)C(F)(F)F)c(Cl)c1Cl. The Bertz CT molecular complexity index is 800. The van der Waals surface area contributed by atoms with Crippen LogP contribution < -0.4 is 5.32 Å². The Labute approximate surface area is 157 Å². The molecule has 0 spiro atoms. The highest BCUT2D eigenvalue weighted by atomic mass is 35.5. The number of halogens is 5. The van der Waals surface area contributed by atoms with E-state index >= 15 is 0 Å². The molecule has 148 valence electrons. The second-order valence-corrected chi connectivity index (χ2v) is 8.08. The molecular formula is C13H15Cl2F3N2O5S. The molecule has 1 aromatic rings. The van der Waals surface area contributed by atoms with Gasteiger partial charge in [-0.1, -0.05) is 23.2 Å². The summed E-state index contributed by atoms with van der Waals surface area (Å²) in [6.45, 7) is -0.439. The molecule has 1 amide bonds. The van der Waals surface area contributed by atoms with Gasteiger partial charge in [-0.25, -0.2) is 8.42 Å². The van der Waals surface area contributed by atoms with Gasteiger partial charge in [-0.2, -0.15) is 17.5 Å². The van der Waals surface area contributed by atoms with Crippen LogP contribution in [-0.2, 0) is 14.8 Å². The van der Waals surface area contributed by atoms with Crippen LogP contribution in [0.15, 0.2) is 17.0 Å². The zero-order valence-electron chi connectivity index (χ0n) is 13.4. The third kappa shape index (κ3) is 4.41. The molecule has 0 aliphatic rings. The molecule has 0 aliphatic carbocycles. The minimum atomic E-state index is -5.25. The molecule has 7 nitrogen and oxygen atoms in total. The number of nitrogens with one attached hydrogen (secondary N) is 1. The number of rotatable bonds is 6. The zero-order chi connectivity index (χ0) is 20.5. The van der Waals surface area contributed by atoms with Crippen LogP contribution in [0.1, 0.15) is 6.92 Å². The van der Waals surface area contributed by atoms with Gasteiger partial charge < -0.3 is 15.5 Å². The molecule has 0 heterocycles. The fourth-order valence-corrected chi connectivity index (χ4v) is 3.58. The lowest BCUT2D eigenvalue weighted by Gasteiger charge is -2.25. The molecule has 1 rings (SSSR count). The van der Waals surface area contributed by atoms with E-state index in [2.05, 4.69) is 0 Å². The number of hydrogen-bond donors (Lipinski definition) is 3. The number of sulfonamides is 1. The average Bonchev–Trinajstić information content (AvgIpc) is 2.50. The van der Waals surface area contributed by atoms with E-state index in [-0.39, 0.29) is 13.5 Å². The quantitative estimate of drug-likeness (QED) is 0.628. The summed E-state index contributed by atoms with van der Waals surface area (Å²) in [7, 11) is -2.96. The molecule has 0 aromatic heterocycles. The highest BCUT2D eigenvalue weighted by Crippen LogP contribution is 2.38. The number of aliphatic hydroxyl groups excluding tert-OH is 1. The van der Waals surface area contributed by atoms with E-state index in [1.807, 2.05) is 0 Å². The lowest BCUT2D eigenvalue weighted by atomic mass is 10.1. The van der Waals surface area contributed by atoms with Crippen molar-refractivity contribution in [2.75, 3.05) is 25.5 Å². The van der Waals surface area contributed by atoms with Crippen molar-refractivity contribution in [2.45, 2.75) is 23.6 Å². The van der Waals surface area contributed by atoms with Crippen LogP contribution in [0.3, 0.4) is 0 Å². The number of carbonyl (C=O) groups excluding carboxylic acids is 1. The predicted octanol–water partition coefficient (Wildman–Crippen LogP) is 1.86. The first-order valence-corrected chi connectivity index (χ1v) is 9.03. The summed E-state index contributed by atoms with van der Waals surface area (Å²) in [6, 6.07) is 1.85. The van der Waals surface area contributed by atoms with Gasteiger partial charge in [-0.05, 0) is 19.1 Å². The summed E-state index contributed by atoms with van der Waals surface area (Å²) in [5, 5.41) is 18.8. The van der Waals surface area contributed by atoms with Gasteiger partial charge in [0.05, 0.1) is 22.3 Å². The minimum Gasteiger partial charge on any atom is -0.395 e. The van der Waals surface area contributed by atoms with Gasteiger partial charge in [-0.15, -0.1) is 0 Å². The number of aliphatic hydroxyl groups is 2. The zero-order valence-corrected chi connectivity index (χ0v) is 15.8. The number of alkyl halides is 3. The topological polar surface area (TPSA) is 107 Å². The Balaban J connectivity index is 3.26. The Morgan fingerprint density at radius 2 is 1.81 bits per heavy atom. The summed E-state index contributed by atoms with van der Waals surface area (Å²) >= 11 is 11.7. The average molecular weight is 439 g/mol. The van der Waals surface area contributed by atoms with E-state index in [1.54, 1.807) is 5.32 Å². The Morgan fingerprint density at radius 3 is 2.27 bits per heavy atom. The van der Waals surface area contributed by atoms with Crippen molar-refractivity contribution in [2.24, 2.45) is 0 Å². The summed E-state index contributed by atoms with van der Waals surface area (Å²) in [5.41, 5.74) is -4.12. The summed E-state index contributed by atoms with van der Waals surface area (Å²) in [6.07, 6.45) is -5.25. The lowest BCUT2D eigenvalue weighted by molar-refractivity contribution is -0.242. The van der Waals surface area contributed by atoms with E-state index in [9.17, 15) is 31.5 Å². The summed E-state index contributed by atoms with van der Waals surface area (Å²) < 4.78 is 63.4. The maximum atomic E-state index is 12.7. The van der Waals surface area contributed by atoms with Crippen molar-refractivity contribution in [1.29, 1.82) is 0 Å². The Morgan fingerprint density at radius 1 is 1.27 bits per heavy atom. The minimum absolute atomic E-state index is 0.233. The highest BCUT2D eigenvalue weighted by molar-refractivity contribution is 7.89. The maximum absolute atomic E-state index is 12.7. The van der Waals surface area contributed by atoms with Crippen LogP contribution >= 0.6 is 23.2 Å². The molecule has 1 aromatic carbocycles. The van der Waals surface area contributed by atoms with Crippen molar-refractivity contribution >= 4 is 44.8 Å². The second-order valence-electron chi connectivity index (χ2n) is 5.31. The van der Waals surface area contributed by atoms with Crippen LogP contribution in [0.4, 0.5) is 18.9 Å². The first-order chi connectivity index (χ1) is 11.7. The normalized spacial score (nSPS) is 15.0. The largest absolute Gasteiger partial charge is 0.426 e. The standard InChI is InChI=1S/C13H15Cl2F3N2O5S/c1-12(23,13(16,17)18)11(22)19-7-3-4-8(10(15)9(7)14)26(24,25)20(2)5-6-21/h3-4,21,23H,5-6H2,1-2H3,(H,19,22)/t12-/m1/s1. The summed E-state index contributed by atoms with van der Waals surface area (Å²) in [4.78, 5) is 11.2. The predicted molar refractivity (Wildman–Crippen MR) is 88.7 cm³/mol. The molecule has 0 aliphatic heterocycles. The number of hydrogen-bond acceptors (Lipinski definition) is 5. The molecule has 0 saturated heterocycles. The van der Waals surface area contributed by atoms with Crippen LogP contribution in [-0.4, -0.2) is 60.8 Å². The number of benzene rings is 1. The third-order valence-electron chi connectivity index (χ3n) is 3.39. The monoisotopic (exact) mass is 438 g/mol. The van der Waals surface area contributed by atoms with Gasteiger partial charge in [0.25, 0.3) is 5.91 Å². The molecule has 0 fully saturated rings. The molecule has 0 radical (unpaired) electrons. The van der Waals surface area contributed by atoms with Crippen LogP contribution in [0, 0.1) is 0 Å². The molecule has 13 heteroatoms. The summed E-state index contributed by atoms with van der Waals surface area (Å²) in [5.74, 6) is -1.82. The first kappa shape index (κ1) is 22.9. The smallest absolute Gasteiger partial charge is 0.395 e. The van der Waals surface area contributed by atoms with Crippen molar-refractivity contribution in [3.05, 3.63) is 22.2 Å². The van der Waals surface area contributed by atoms with Gasteiger partial charge in [0.1, 0.15) is 4.90 Å². The van der Waals surface area contributed by atoms with Gasteiger partial charge in [0, 0.05) is 13.6 Å². The molecule has 0 bridgehead atoms. The number of nitrogens with zero attached hydrogens (tertiary/aromatic N) is 1. The molecule has 0 saturated carbocycles. The van der Waals surface area contributed by atoms with E-state index in [0.717, 1.165) is 16.4 Å². The molecule has 0 unspecified atom stereocenters. The molecule has 1 atom stereocenters. The van der Waals surface area contributed by atoms with E-state index in [4.69, 9.17) is 28.3 Å². The maximum Gasteiger partial charge on any atom is 0.426 e. The Kier molecular flexibility index (Phi) is 6.94. The lowest BCUT2D eigenvalue weighted by Crippen LogP contribution is -2.52. The highest BCUT2D eigenvalue weighted by Gasteiger charge is 2.55. The molecule has 26 heavy (non-hydrogen) atoms. The van der Waals surface area contributed by atoms with Crippen LogP contribution in [0.25, 0.3) is 0 Å². The van der Waals surface area contributed by atoms with Crippen molar-refractivity contribution < 1.29 is 36.6 Å². The number of carbonyl (C=O) groups is 1. The van der Waals surface area contributed by atoms with Gasteiger partial charge in [0.2, 0.25) is 15.6 Å². The molecular weight excluding hydrogens is 424 g/mol. The third-order valence-corrected chi connectivity index (χ3v) is 6.29. The number of likely N-dealkylation sites (N-methyl/N-ethyl adjacent to an activating group) is 1. The number of anilines is 1. The Hall–Kier alpha value is -1.11. The van der Waals surface area contributed by atoms with E-state index in [0.29, 0.717) is 0 Å². The first-order valence-electron chi connectivity index (χ1n) is 6.83.